The second kappa shape index (κ2) is 10.4. The average molecular weight is 451 g/mol. The minimum absolute atomic E-state index is 0.00186. The molecule has 33 heavy (non-hydrogen) atoms. The number of hydrogen-bond acceptors (Lipinski definition) is 7. The first-order chi connectivity index (χ1) is 15.8. The van der Waals surface area contributed by atoms with E-state index in [1.165, 1.54) is 0 Å². The van der Waals surface area contributed by atoms with E-state index in [0.29, 0.717) is 23.5 Å². The van der Waals surface area contributed by atoms with Crippen LogP contribution in [0.15, 0.2) is 58.1 Å². The fourth-order valence-corrected chi connectivity index (χ4v) is 3.14. The van der Waals surface area contributed by atoms with Crippen molar-refractivity contribution in [3.05, 3.63) is 80.1 Å². The molecule has 3 rings (SSSR count). The summed E-state index contributed by atoms with van der Waals surface area (Å²) < 4.78 is 5.21. The summed E-state index contributed by atoms with van der Waals surface area (Å²) in [6.45, 7) is 4.34. The SMILES string of the molecule is CCCNc1c(N[C@@H](Cc2ccc(NC(=O)Oc3ccc(C)cc3)cc2)C(=O)O)c(=O)c1=O. The van der Waals surface area contributed by atoms with Crippen LogP contribution in [0.5, 0.6) is 5.75 Å². The van der Waals surface area contributed by atoms with Gasteiger partial charge in [0.2, 0.25) is 0 Å². The number of anilines is 3. The Morgan fingerprint density at radius 3 is 2.21 bits per heavy atom. The molecule has 9 nitrogen and oxygen atoms in total. The van der Waals surface area contributed by atoms with Crippen LogP contribution in [0.2, 0.25) is 0 Å². The number of carboxylic acids is 1. The molecule has 1 atom stereocenters. The zero-order chi connectivity index (χ0) is 24.0. The summed E-state index contributed by atoms with van der Waals surface area (Å²) in [6, 6.07) is 12.5. The quantitative estimate of drug-likeness (QED) is 0.346. The standard InChI is InChI=1S/C24H25N3O6/c1-3-12-25-19-20(22(29)21(19)28)27-18(23(30)31)13-15-6-8-16(9-7-15)26-24(32)33-17-10-4-14(2)5-11-17/h4-11,18,25,27H,3,12-13H2,1-2H3,(H,26,32)(H,30,31)/t18-/m0/s1. The van der Waals surface area contributed by atoms with E-state index in [1.807, 2.05) is 26.0 Å². The van der Waals surface area contributed by atoms with Crippen LogP contribution in [0.3, 0.4) is 0 Å². The van der Waals surface area contributed by atoms with Crippen LogP contribution >= 0.6 is 0 Å². The van der Waals surface area contributed by atoms with Crippen LogP contribution in [0.1, 0.15) is 24.5 Å². The van der Waals surface area contributed by atoms with E-state index >= 15 is 0 Å². The molecule has 0 radical (unpaired) electrons. The number of aryl methyl sites for hydroxylation is 1. The molecular weight excluding hydrogens is 426 g/mol. The van der Waals surface area contributed by atoms with E-state index in [2.05, 4.69) is 16.0 Å². The summed E-state index contributed by atoms with van der Waals surface area (Å²) in [7, 11) is 0. The van der Waals surface area contributed by atoms with Crippen LogP contribution in [0, 0.1) is 6.92 Å². The molecule has 0 aliphatic rings. The van der Waals surface area contributed by atoms with Crippen molar-refractivity contribution in [1.82, 2.24) is 0 Å². The molecule has 0 spiro atoms. The Hall–Kier alpha value is -4.14. The molecule has 0 aromatic heterocycles. The van der Waals surface area contributed by atoms with Crippen LogP contribution in [0.4, 0.5) is 21.9 Å². The molecule has 0 saturated carbocycles. The molecule has 0 saturated heterocycles. The maximum Gasteiger partial charge on any atom is 0.417 e. The topological polar surface area (TPSA) is 134 Å². The Labute approximate surface area is 190 Å². The molecule has 1 amide bonds. The number of hydrogen-bond donors (Lipinski definition) is 4. The Bertz CT molecular complexity index is 1190. The van der Waals surface area contributed by atoms with Gasteiger partial charge in [-0.3, -0.25) is 14.9 Å². The largest absolute Gasteiger partial charge is 0.480 e. The number of rotatable bonds is 10. The van der Waals surface area contributed by atoms with Gasteiger partial charge in [-0.15, -0.1) is 0 Å². The fraction of sp³-hybridized carbons (Fsp3) is 0.250. The van der Waals surface area contributed by atoms with Gasteiger partial charge in [-0.25, -0.2) is 9.59 Å². The Kier molecular flexibility index (Phi) is 7.45. The molecule has 0 aliphatic carbocycles. The van der Waals surface area contributed by atoms with Gasteiger partial charge in [-0.2, -0.15) is 0 Å². The van der Waals surface area contributed by atoms with Gasteiger partial charge in [0.1, 0.15) is 23.2 Å². The second-order valence-corrected chi connectivity index (χ2v) is 7.60. The van der Waals surface area contributed by atoms with E-state index in [4.69, 9.17) is 4.74 Å². The summed E-state index contributed by atoms with van der Waals surface area (Å²) >= 11 is 0. The zero-order valence-corrected chi connectivity index (χ0v) is 18.3. The molecular formula is C24H25N3O6. The number of ether oxygens (including phenoxy) is 1. The molecule has 0 heterocycles. The van der Waals surface area contributed by atoms with Gasteiger partial charge in [-0.05, 0) is 43.2 Å². The van der Waals surface area contributed by atoms with Crippen LogP contribution in [0.25, 0.3) is 0 Å². The minimum atomic E-state index is -1.16. The van der Waals surface area contributed by atoms with Crippen molar-refractivity contribution >= 4 is 29.1 Å². The number of aliphatic carboxylic acids is 1. The molecule has 0 fully saturated rings. The van der Waals surface area contributed by atoms with E-state index in [0.717, 1.165) is 12.0 Å². The lowest BCUT2D eigenvalue weighted by Gasteiger charge is -2.20. The number of nitrogens with one attached hydrogen (secondary N) is 3. The monoisotopic (exact) mass is 451 g/mol. The van der Waals surface area contributed by atoms with Crippen molar-refractivity contribution in [2.75, 3.05) is 22.5 Å². The van der Waals surface area contributed by atoms with Crippen molar-refractivity contribution in [1.29, 1.82) is 0 Å². The highest BCUT2D eigenvalue weighted by atomic mass is 16.6. The third kappa shape index (κ3) is 5.97. The highest BCUT2D eigenvalue weighted by Crippen LogP contribution is 2.19. The summed E-state index contributed by atoms with van der Waals surface area (Å²) in [5.41, 5.74) is 0.927. The van der Waals surface area contributed by atoms with Crippen LogP contribution in [-0.2, 0) is 11.2 Å². The average Bonchev–Trinajstić information content (AvgIpc) is 2.80. The lowest BCUT2D eigenvalue weighted by atomic mass is 10.0. The molecule has 3 aromatic rings. The minimum Gasteiger partial charge on any atom is -0.480 e. The molecule has 0 unspecified atom stereocenters. The highest BCUT2D eigenvalue weighted by Gasteiger charge is 2.26. The van der Waals surface area contributed by atoms with Gasteiger partial charge in [0.05, 0.1) is 0 Å². The fourth-order valence-electron chi connectivity index (χ4n) is 3.14. The number of carbonyl (C=O) groups excluding carboxylic acids is 1. The number of carbonyl (C=O) groups is 2. The lowest BCUT2D eigenvalue weighted by molar-refractivity contribution is -0.137. The highest BCUT2D eigenvalue weighted by molar-refractivity contribution is 5.86. The molecule has 3 aromatic carbocycles. The predicted octanol–water partition coefficient (Wildman–Crippen LogP) is 3.13. The van der Waals surface area contributed by atoms with Crippen molar-refractivity contribution in [2.45, 2.75) is 32.7 Å². The van der Waals surface area contributed by atoms with Crippen molar-refractivity contribution in [3.63, 3.8) is 0 Å². The molecule has 0 aliphatic heterocycles. The first-order valence-electron chi connectivity index (χ1n) is 10.5. The van der Waals surface area contributed by atoms with Crippen molar-refractivity contribution in [3.8, 4) is 5.75 Å². The van der Waals surface area contributed by atoms with Gasteiger partial charge in [-0.1, -0.05) is 36.8 Å². The van der Waals surface area contributed by atoms with E-state index in [1.54, 1.807) is 36.4 Å². The smallest absolute Gasteiger partial charge is 0.417 e. The molecule has 9 heteroatoms. The lowest BCUT2D eigenvalue weighted by Crippen LogP contribution is -2.42. The molecule has 0 bridgehead atoms. The number of benzene rings is 2. The molecule has 172 valence electrons. The van der Waals surface area contributed by atoms with Crippen LogP contribution < -0.4 is 31.5 Å². The van der Waals surface area contributed by atoms with Gasteiger partial charge in [0, 0.05) is 18.7 Å². The first kappa shape index (κ1) is 23.5. The third-order valence-corrected chi connectivity index (χ3v) is 4.95. The summed E-state index contributed by atoms with van der Waals surface area (Å²) in [5, 5.41) is 17.7. The number of carboxylic acid groups (broad SMARTS) is 1. The second-order valence-electron chi connectivity index (χ2n) is 7.60. The van der Waals surface area contributed by atoms with E-state index < -0.39 is 29.0 Å². The summed E-state index contributed by atoms with van der Waals surface area (Å²) in [6.07, 6.45) is 0.165. The number of amides is 1. The van der Waals surface area contributed by atoms with E-state index in [9.17, 15) is 24.3 Å². The summed E-state index contributed by atoms with van der Waals surface area (Å²) in [4.78, 5) is 47.4. The maximum atomic E-state index is 12.1. The Morgan fingerprint density at radius 2 is 1.61 bits per heavy atom. The van der Waals surface area contributed by atoms with Gasteiger partial charge < -0.3 is 20.5 Å². The third-order valence-electron chi connectivity index (χ3n) is 4.95. The summed E-state index contributed by atoms with van der Waals surface area (Å²) in [5.74, 6) is -0.746. The predicted molar refractivity (Wildman–Crippen MR) is 126 cm³/mol. The van der Waals surface area contributed by atoms with Gasteiger partial charge in [0.25, 0.3) is 10.9 Å². The van der Waals surface area contributed by atoms with Crippen LogP contribution in [-0.4, -0.2) is 29.8 Å². The van der Waals surface area contributed by atoms with E-state index in [-0.39, 0.29) is 17.8 Å². The van der Waals surface area contributed by atoms with Gasteiger partial charge in [0.15, 0.2) is 0 Å². The normalized spacial score (nSPS) is 11.6. The Balaban J connectivity index is 1.61. The molecule has 4 N–H and O–H groups in total. The van der Waals surface area contributed by atoms with Crippen molar-refractivity contribution < 1.29 is 19.4 Å². The van der Waals surface area contributed by atoms with Crippen molar-refractivity contribution in [2.24, 2.45) is 0 Å². The zero-order valence-electron chi connectivity index (χ0n) is 18.3. The Morgan fingerprint density at radius 1 is 0.970 bits per heavy atom. The first-order valence-corrected chi connectivity index (χ1v) is 10.5. The maximum absolute atomic E-state index is 12.1. The van der Waals surface area contributed by atoms with Gasteiger partial charge >= 0.3 is 12.1 Å².